The molecule has 8 nitrogen and oxygen atoms in total. The lowest BCUT2D eigenvalue weighted by Gasteiger charge is -2.32. The molecule has 2 rings (SSSR count). The van der Waals surface area contributed by atoms with Gasteiger partial charge in [0.25, 0.3) is 0 Å². The second-order valence-electron chi connectivity index (χ2n) is 4.97. The Balaban J connectivity index is 1.77. The number of aromatic nitrogens is 3. The zero-order valence-corrected chi connectivity index (χ0v) is 11.2. The molecule has 2 N–H and O–H groups in total. The Labute approximate surface area is 116 Å². The van der Waals surface area contributed by atoms with Crippen LogP contribution in [0.3, 0.4) is 0 Å². The standard InChI is InChI=1S/C12H19N5O3/c18-11(9-17-5-3-14-15-17)16-4-1-2-10(8-16)6-13-7-12(19)20/h3,5,10,13H,1-2,4,6-9H2,(H,19,20). The number of carbonyl (C=O) groups excluding carboxylic acids is 1. The quantitative estimate of drug-likeness (QED) is 0.707. The van der Waals surface area contributed by atoms with Gasteiger partial charge in [-0.2, -0.15) is 0 Å². The molecule has 1 atom stereocenters. The van der Waals surface area contributed by atoms with E-state index in [1.807, 2.05) is 4.90 Å². The van der Waals surface area contributed by atoms with Crippen LogP contribution in [0.25, 0.3) is 0 Å². The molecule has 0 aromatic carbocycles. The van der Waals surface area contributed by atoms with Crippen LogP contribution in [0.15, 0.2) is 12.4 Å². The molecule has 1 amide bonds. The summed E-state index contributed by atoms with van der Waals surface area (Å²) in [5.41, 5.74) is 0. The van der Waals surface area contributed by atoms with Gasteiger partial charge in [0.1, 0.15) is 6.54 Å². The summed E-state index contributed by atoms with van der Waals surface area (Å²) >= 11 is 0. The van der Waals surface area contributed by atoms with E-state index in [4.69, 9.17) is 5.11 Å². The van der Waals surface area contributed by atoms with Gasteiger partial charge >= 0.3 is 5.97 Å². The van der Waals surface area contributed by atoms with E-state index in [9.17, 15) is 9.59 Å². The van der Waals surface area contributed by atoms with Gasteiger partial charge in [-0.15, -0.1) is 5.10 Å². The van der Waals surface area contributed by atoms with Crippen molar-refractivity contribution in [1.29, 1.82) is 0 Å². The molecule has 1 aliphatic heterocycles. The zero-order valence-electron chi connectivity index (χ0n) is 11.2. The molecule has 110 valence electrons. The number of aliphatic carboxylic acids is 1. The van der Waals surface area contributed by atoms with E-state index in [0.29, 0.717) is 19.0 Å². The molecule has 0 bridgehead atoms. The van der Waals surface area contributed by atoms with Crippen LogP contribution >= 0.6 is 0 Å². The third kappa shape index (κ3) is 4.30. The monoisotopic (exact) mass is 281 g/mol. The van der Waals surface area contributed by atoms with Crippen LogP contribution in [-0.4, -0.2) is 63.1 Å². The van der Waals surface area contributed by atoms with Crippen LogP contribution < -0.4 is 5.32 Å². The molecule has 20 heavy (non-hydrogen) atoms. The number of nitrogens with one attached hydrogen (secondary N) is 1. The number of carboxylic acid groups (broad SMARTS) is 1. The molecule has 0 spiro atoms. The Morgan fingerprint density at radius 2 is 2.30 bits per heavy atom. The highest BCUT2D eigenvalue weighted by Gasteiger charge is 2.23. The van der Waals surface area contributed by atoms with Gasteiger partial charge in [0.05, 0.1) is 12.7 Å². The van der Waals surface area contributed by atoms with Crippen molar-refractivity contribution < 1.29 is 14.7 Å². The van der Waals surface area contributed by atoms with Gasteiger partial charge in [-0.3, -0.25) is 9.59 Å². The van der Waals surface area contributed by atoms with Crippen molar-refractivity contribution in [2.75, 3.05) is 26.2 Å². The fraction of sp³-hybridized carbons (Fsp3) is 0.667. The van der Waals surface area contributed by atoms with Crippen LogP contribution in [-0.2, 0) is 16.1 Å². The topological polar surface area (TPSA) is 100 Å². The first-order chi connectivity index (χ1) is 9.65. The Bertz CT molecular complexity index is 448. The zero-order chi connectivity index (χ0) is 14.4. The molecule has 1 saturated heterocycles. The van der Waals surface area contributed by atoms with Gasteiger partial charge in [0, 0.05) is 25.8 Å². The molecule has 1 aromatic rings. The minimum absolute atomic E-state index is 0.0263. The van der Waals surface area contributed by atoms with Gasteiger partial charge in [0.15, 0.2) is 0 Å². The van der Waals surface area contributed by atoms with Gasteiger partial charge in [-0.1, -0.05) is 5.21 Å². The molecule has 2 heterocycles. The summed E-state index contributed by atoms with van der Waals surface area (Å²) in [6.07, 6.45) is 5.16. The Kier molecular flexibility index (Phi) is 5.05. The van der Waals surface area contributed by atoms with Crippen molar-refractivity contribution in [3.05, 3.63) is 12.4 Å². The summed E-state index contributed by atoms with van der Waals surface area (Å²) in [6.45, 7) is 2.21. The number of hydrogen-bond acceptors (Lipinski definition) is 5. The van der Waals surface area contributed by atoms with Gasteiger partial charge in [-0.05, 0) is 18.8 Å². The Morgan fingerprint density at radius 3 is 3.00 bits per heavy atom. The van der Waals surface area contributed by atoms with E-state index >= 15 is 0 Å². The maximum Gasteiger partial charge on any atom is 0.317 e. The summed E-state index contributed by atoms with van der Waals surface area (Å²) in [6, 6.07) is 0. The minimum atomic E-state index is -0.861. The average Bonchev–Trinajstić information content (AvgIpc) is 2.91. The smallest absolute Gasteiger partial charge is 0.317 e. The first-order valence-corrected chi connectivity index (χ1v) is 6.69. The van der Waals surface area contributed by atoms with E-state index in [1.165, 1.54) is 4.68 Å². The van der Waals surface area contributed by atoms with Crippen molar-refractivity contribution in [2.24, 2.45) is 5.92 Å². The second-order valence-corrected chi connectivity index (χ2v) is 4.97. The van der Waals surface area contributed by atoms with Crippen molar-refractivity contribution >= 4 is 11.9 Å². The number of piperidine rings is 1. The number of rotatable bonds is 6. The highest BCUT2D eigenvalue weighted by Crippen LogP contribution is 2.16. The fourth-order valence-electron chi connectivity index (χ4n) is 2.40. The third-order valence-corrected chi connectivity index (χ3v) is 3.35. The number of hydrogen-bond donors (Lipinski definition) is 2. The van der Waals surface area contributed by atoms with Crippen LogP contribution in [0.2, 0.25) is 0 Å². The third-order valence-electron chi connectivity index (χ3n) is 3.35. The first kappa shape index (κ1) is 14.4. The highest BCUT2D eigenvalue weighted by molar-refractivity contribution is 5.76. The molecule has 0 radical (unpaired) electrons. The maximum atomic E-state index is 12.1. The Hall–Kier alpha value is -1.96. The lowest BCUT2D eigenvalue weighted by Crippen LogP contribution is -2.44. The van der Waals surface area contributed by atoms with Gasteiger partial charge < -0.3 is 15.3 Å². The van der Waals surface area contributed by atoms with Crippen molar-refractivity contribution in [3.8, 4) is 0 Å². The molecule has 1 fully saturated rings. The first-order valence-electron chi connectivity index (χ1n) is 6.69. The highest BCUT2D eigenvalue weighted by atomic mass is 16.4. The van der Waals surface area contributed by atoms with Gasteiger partial charge in [0.2, 0.25) is 5.91 Å². The van der Waals surface area contributed by atoms with Crippen molar-refractivity contribution in [1.82, 2.24) is 25.2 Å². The molecule has 1 aliphatic rings. The van der Waals surface area contributed by atoms with E-state index < -0.39 is 5.97 Å². The lowest BCUT2D eigenvalue weighted by molar-refractivity contribution is -0.136. The number of amides is 1. The molecule has 1 aromatic heterocycles. The molecular formula is C12H19N5O3. The van der Waals surface area contributed by atoms with Crippen molar-refractivity contribution in [3.63, 3.8) is 0 Å². The SMILES string of the molecule is O=C(O)CNCC1CCCN(C(=O)Cn2ccnn2)C1. The fourth-order valence-corrected chi connectivity index (χ4v) is 2.40. The molecule has 0 saturated carbocycles. The van der Waals surface area contributed by atoms with Crippen LogP contribution in [0, 0.1) is 5.92 Å². The largest absolute Gasteiger partial charge is 0.480 e. The molecule has 8 heteroatoms. The predicted octanol–water partition coefficient (Wildman–Crippen LogP) is -0.809. The summed E-state index contributed by atoms with van der Waals surface area (Å²) in [5, 5.41) is 18.9. The number of carbonyl (C=O) groups is 2. The summed E-state index contributed by atoms with van der Waals surface area (Å²) in [4.78, 5) is 24.4. The van der Waals surface area contributed by atoms with E-state index in [0.717, 1.165) is 19.4 Å². The number of likely N-dealkylation sites (tertiary alicyclic amines) is 1. The summed E-state index contributed by atoms with van der Waals surface area (Å²) in [7, 11) is 0. The molecule has 0 aliphatic carbocycles. The van der Waals surface area contributed by atoms with Gasteiger partial charge in [-0.25, -0.2) is 4.68 Å². The minimum Gasteiger partial charge on any atom is -0.480 e. The summed E-state index contributed by atoms with van der Waals surface area (Å²) < 4.78 is 1.51. The maximum absolute atomic E-state index is 12.1. The van der Waals surface area contributed by atoms with E-state index in [1.54, 1.807) is 12.4 Å². The summed E-state index contributed by atoms with van der Waals surface area (Å²) in [5.74, 6) is -0.527. The second kappa shape index (κ2) is 6.99. The number of carboxylic acids is 1. The van der Waals surface area contributed by atoms with E-state index in [-0.39, 0.29) is 19.0 Å². The molecular weight excluding hydrogens is 262 g/mol. The van der Waals surface area contributed by atoms with Crippen LogP contribution in [0.4, 0.5) is 0 Å². The normalized spacial score (nSPS) is 19.0. The van der Waals surface area contributed by atoms with Crippen LogP contribution in [0.1, 0.15) is 12.8 Å². The predicted molar refractivity (Wildman–Crippen MR) is 69.8 cm³/mol. The Morgan fingerprint density at radius 1 is 1.45 bits per heavy atom. The van der Waals surface area contributed by atoms with Crippen LogP contribution in [0.5, 0.6) is 0 Å². The lowest BCUT2D eigenvalue weighted by atomic mass is 9.98. The average molecular weight is 281 g/mol. The van der Waals surface area contributed by atoms with E-state index in [2.05, 4.69) is 15.6 Å². The van der Waals surface area contributed by atoms with Crippen molar-refractivity contribution in [2.45, 2.75) is 19.4 Å². The number of nitrogens with zero attached hydrogens (tertiary/aromatic N) is 4. The molecule has 1 unspecified atom stereocenters.